The Morgan fingerprint density at radius 1 is 1.46 bits per heavy atom. The number of aryl methyl sites for hydroxylation is 2. The Morgan fingerprint density at radius 3 is 3.04 bits per heavy atom. The smallest absolute Gasteiger partial charge is 0.193 e. The molecule has 6 nitrogen and oxygen atoms in total. The number of rotatable bonds is 6. The first-order valence-corrected chi connectivity index (χ1v) is 10.5. The molecule has 0 bridgehead atoms. The average molecular weight is 375 g/mol. The molecule has 142 valence electrons. The van der Waals surface area contributed by atoms with Crippen molar-refractivity contribution in [2.75, 3.05) is 26.2 Å². The van der Waals surface area contributed by atoms with E-state index < -0.39 is 0 Å². The maximum Gasteiger partial charge on any atom is 0.193 e. The van der Waals surface area contributed by atoms with Gasteiger partial charge in [-0.3, -0.25) is 4.99 Å². The molecule has 1 saturated heterocycles. The second kappa shape index (κ2) is 9.16. The predicted molar refractivity (Wildman–Crippen MR) is 108 cm³/mol. The molecule has 1 aliphatic heterocycles. The standard InChI is InChI=1S/C19H30N6S/c1-4-21-19(22-8-5-6-18-23-16(3)13-26-18)24-10-7-15(2)17(12-24)25-11-9-20-14-25/h9,11,13-15,17H,4-8,10,12H2,1-3H3,(H,21,22). The van der Waals surface area contributed by atoms with Gasteiger partial charge in [0.25, 0.3) is 0 Å². The summed E-state index contributed by atoms with van der Waals surface area (Å²) < 4.78 is 2.24. The summed E-state index contributed by atoms with van der Waals surface area (Å²) in [7, 11) is 0. The molecule has 1 aliphatic rings. The van der Waals surface area contributed by atoms with E-state index in [-0.39, 0.29) is 0 Å². The molecular formula is C19H30N6S. The second-order valence-electron chi connectivity index (χ2n) is 7.01. The van der Waals surface area contributed by atoms with Crippen molar-refractivity contribution in [1.82, 2.24) is 24.8 Å². The van der Waals surface area contributed by atoms with Crippen LogP contribution >= 0.6 is 11.3 Å². The van der Waals surface area contributed by atoms with E-state index in [1.54, 1.807) is 11.3 Å². The molecule has 0 spiro atoms. The fourth-order valence-electron chi connectivity index (χ4n) is 3.45. The second-order valence-corrected chi connectivity index (χ2v) is 7.95. The molecule has 2 aromatic heterocycles. The van der Waals surface area contributed by atoms with E-state index in [1.165, 1.54) is 11.4 Å². The van der Waals surface area contributed by atoms with Gasteiger partial charge >= 0.3 is 0 Å². The molecule has 0 amide bonds. The van der Waals surface area contributed by atoms with Crippen LogP contribution in [0, 0.1) is 12.8 Å². The molecule has 1 N–H and O–H groups in total. The van der Waals surface area contributed by atoms with Gasteiger partial charge in [-0.15, -0.1) is 11.3 Å². The molecule has 1 fully saturated rings. The molecule has 7 heteroatoms. The van der Waals surface area contributed by atoms with E-state index >= 15 is 0 Å². The van der Waals surface area contributed by atoms with E-state index in [1.807, 2.05) is 12.5 Å². The van der Waals surface area contributed by atoms with Gasteiger partial charge in [0.1, 0.15) is 0 Å². The number of hydrogen-bond acceptors (Lipinski definition) is 4. The first-order chi connectivity index (χ1) is 12.7. The zero-order valence-electron chi connectivity index (χ0n) is 16.1. The lowest BCUT2D eigenvalue weighted by Crippen LogP contribution is -2.49. The van der Waals surface area contributed by atoms with E-state index in [0.29, 0.717) is 12.0 Å². The third kappa shape index (κ3) is 4.84. The first-order valence-electron chi connectivity index (χ1n) is 9.59. The fourth-order valence-corrected chi connectivity index (χ4v) is 4.27. The number of imidazole rings is 1. The average Bonchev–Trinajstić information content (AvgIpc) is 3.30. The van der Waals surface area contributed by atoms with Gasteiger partial charge in [0.15, 0.2) is 5.96 Å². The van der Waals surface area contributed by atoms with Gasteiger partial charge in [-0.25, -0.2) is 9.97 Å². The molecule has 26 heavy (non-hydrogen) atoms. The number of guanidine groups is 1. The third-order valence-corrected chi connectivity index (χ3v) is 5.96. The van der Waals surface area contributed by atoms with Gasteiger partial charge < -0.3 is 14.8 Å². The maximum absolute atomic E-state index is 4.88. The van der Waals surface area contributed by atoms with Crippen molar-refractivity contribution in [3.63, 3.8) is 0 Å². The zero-order valence-corrected chi connectivity index (χ0v) is 16.9. The summed E-state index contributed by atoms with van der Waals surface area (Å²) in [5, 5.41) is 6.81. The summed E-state index contributed by atoms with van der Waals surface area (Å²) >= 11 is 1.75. The SMILES string of the molecule is CCNC(=NCCCc1nc(C)cs1)N1CCC(C)C(n2ccnc2)C1. The van der Waals surface area contributed by atoms with Gasteiger partial charge in [0.05, 0.1) is 17.4 Å². The Morgan fingerprint density at radius 2 is 2.35 bits per heavy atom. The highest BCUT2D eigenvalue weighted by molar-refractivity contribution is 7.09. The number of nitrogens with zero attached hydrogens (tertiary/aromatic N) is 5. The monoisotopic (exact) mass is 374 g/mol. The predicted octanol–water partition coefficient (Wildman–Crippen LogP) is 3.13. The zero-order chi connectivity index (χ0) is 18.4. The maximum atomic E-state index is 4.88. The summed E-state index contributed by atoms with van der Waals surface area (Å²) in [4.78, 5) is 16.0. The van der Waals surface area contributed by atoms with Crippen LogP contribution in [0.2, 0.25) is 0 Å². The van der Waals surface area contributed by atoms with Gasteiger partial charge in [-0.1, -0.05) is 6.92 Å². The Labute approximate surface area is 160 Å². The number of likely N-dealkylation sites (tertiary alicyclic amines) is 1. The number of piperidine rings is 1. The molecule has 2 unspecified atom stereocenters. The molecule has 2 aromatic rings. The highest BCUT2D eigenvalue weighted by Crippen LogP contribution is 2.27. The van der Waals surface area contributed by atoms with Crippen LogP contribution in [0.25, 0.3) is 0 Å². The molecule has 2 atom stereocenters. The number of nitrogens with one attached hydrogen (secondary N) is 1. The molecular weight excluding hydrogens is 344 g/mol. The minimum atomic E-state index is 0.452. The minimum Gasteiger partial charge on any atom is -0.357 e. The lowest BCUT2D eigenvalue weighted by atomic mass is 9.93. The molecule has 0 aromatic carbocycles. The summed E-state index contributed by atoms with van der Waals surface area (Å²) in [6.45, 7) is 10.3. The summed E-state index contributed by atoms with van der Waals surface area (Å²) in [5.74, 6) is 1.69. The Kier molecular flexibility index (Phi) is 6.66. The number of hydrogen-bond donors (Lipinski definition) is 1. The van der Waals surface area contributed by atoms with E-state index in [2.05, 4.69) is 57.1 Å². The number of aliphatic imine (C=N–C) groups is 1. The normalized spacial score (nSPS) is 21.2. The van der Waals surface area contributed by atoms with Crippen molar-refractivity contribution in [2.24, 2.45) is 10.9 Å². The van der Waals surface area contributed by atoms with Crippen LogP contribution in [-0.2, 0) is 6.42 Å². The van der Waals surface area contributed by atoms with Gasteiger partial charge in [-0.2, -0.15) is 0 Å². The summed E-state index contributed by atoms with van der Waals surface area (Å²) in [6, 6.07) is 0.452. The van der Waals surface area contributed by atoms with Gasteiger partial charge in [0.2, 0.25) is 0 Å². The lowest BCUT2D eigenvalue weighted by Gasteiger charge is -2.39. The molecule has 0 saturated carbocycles. The van der Waals surface area contributed by atoms with Crippen LogP contribution in [0.15, 0.2) is 29.1 Å². The fraction of sp³-hybridized carbons (Fsp3) is 0.632. The summed E-state index contributed by atoms with van der Waals surface area (Å²) in [5.41, 5.74) is 1.12. The van der Waals surface area contributed by atoms with Crippen molar-refractivity contribution >= 4 is 17.3 Å². The Balaban J connectivity index is 1.59. The van der Waals surface area contributed by atoms with Crippen molar-refractivity contribution in [3.05, 3.63) is 34.8 Å². The van der Waals surface area contributed by atoms with E-state index in [9.17, 15) is 0 Å². The number of thiazole rings is 1. The first kappa shape index (κ1) is 18.9. The topological polar surface area (TPSA) is 58.3 Å². The molecule has 0 radical (unpaired) electrons. The molecule has 3 heterocycles. The van der Waals surface area contributed by atoms with Crippen LogP contribution in [0.4, 0.5) is 0 Å². The quantitative estimate of drug-likeness (QED) is 0.479. The van der Waals surface area contributed by atoms with Crippen molar-refractivity contribution < 1.29 is 0 Å². The van der Waals surface area contributed by atoms with E-state index in [4.69, 9.17) is 4.99 Å². The summed E-state index contributed by atoms with van der Waals surface area (Å²) in [6.07, 6.45) is 9.10. The van der Waals surface area contributed by atoms with Crippen LogP contribution in [0.5, 0.6) is 0 Å². The largest absolute Gasteiger partial charge is 0.357 e. The van der Waals surface area contributed by atoms with Crippen LogP contribution in [-0.4, -0.2) is 51.6 Å². The van der Waals surface area contributed by atoms with Crippen molar-refractivity contribution in [3.8, 4) is 0 Å². The minimum absolute atomic E-state index is 0.452. The van der Waals surface area contributed by atoms with Crippen LogP contribution in [0.3, 0.4) is 0 Å². The molecule has 3 rings (SSSR count). The third-order valence-electron chi connectivity index (χ3n) is 4.94. The van der Waals surface area contributed by atoms with Crippen LogP contribution in [0.1, 0.15) is 43.4 Å². The van der Waals surface area contributed by atoms with Crippen LogP contribution < -0.4 is 5.32 Å². The number of aromatic nitrogens is 3. The lowest BCUT2D eigenvalue weighted by molar-refractivity contribution is 0.189. The van der Waals surface area contributed by atoms with Gasteiger partial charge in [-0.05, 0) is 32.6 Å². The molecule has 0 aliphatic carbocycles. The highest BCUT2D eigenvalue weighted by Gasteiger charge is 2.28. The van der Waals surface area contributed by atoms with Crippen molar-refractivity contribution in [1.29, 1.82) is 0 Å². The highest BCUT2D eigenvalue weighted by atomic mass is 32.1. The Bertz CT molecular complexity index is 693. The van der Waals surface area contributed by atoms with E-state index in [0.717, 1.165) is 50.7 Å². The Hall–Kier alpha value is -1.89. The van der Waals surface area contributed by atoms with Gasteiger partial charge in [0, 0.05) is 56.1 Å². The van der Waals surface area contributed by atoms with Crippen molar-refractivity contribution in [2.45, 2.75) is 46.1 Å².